The van der Waals surface area contributed by atoms with E-state index in [4.69, 9.17) is 0 Å². The monoisotopic (exact) mass is 841 g/mol. The molecular weight excluding hydrogens is 795 g/mol. The van der Waals surface area contributed by atoms with Crippen molar-refractivity contribution >= 4 is 38.6 Å². The van der Waals surface area contributed by atoms with Gasteiger partial charge in [0.05, 0.1) is 5.69 Å². The van der Waals surface area contributed by atoms with Gasteiger partial charge in [0.1, 0.15) is 0 Å². The molecule has 1 aliphatic rings. The SMILES string of the molecule is CC1(C)c2ccccc2-c2ccc(-c3ccccc3N(c3ccc(-c4ccc(-c5ccccc5)c(-c5ccccc5)c4)cc3)c3ccc(-c4cccc5c4ccc4ccccc45)cc3)cc21. The normalized spacial score (nSPS) is 12.5. The number of fused-ring (bicyclic) bond motifs is 6. The summed E-state index contributed by atoms with van der Waals surface area (Å²) in [6, 6.07) is 91.4. The van der Waals surface area contributed by atoms with Crippen molar-refractivity contribution in [3.8, 4) is 66.8 Å². The van der Waals surface area contributed by atoms with E-state index in [1.807, 2.05) is 0 Å². The molecule has 0 fully saturated rings. The van der Waals surface area contributed by atoms with Gasteiger partial charge < -0.3 is 4.90 Å². The minimum absolute atomic E-state index is 0.101. The maximum atomic E-state index is 2.44. The highest BCUT2D eigenvalue weighted by molar-refractivity contribution is 6.12. The summed E-state index contributed by atoms with van der Waals surface area (Å²) in [4.78, 5) is 2.43. The fourth-order valence-corrected chi connectivity index (χ4v) is 10.5. The number of nitrogens with zero attached hydrogens (tertiary/aromatic N) is 1. The second-order valence-electron chi connectivity index (χ2n) is 18.1. The van der Waals surface area contributed by atoms with Crippen LogP contribution in [0.5, 0.6) is 0 Å². The third-order valence-corrected chi connectivity index (χ3v) is 13.9. The average molecular weight is 842 g/mol. The van der Waals surface area contributed by atoms with Crippen molar-refractivity contribution < 1.29 is 0 Å². The van der Waals surface area contributed by atoms with E-state index in [2.05, 4.69) is 267 Å². The Balaban J connectivity index is 0.978. The molecule has 0 radical (unpaired) electrons. The van der Waals surface area contributed by atoms with Crippen molar-refractivity contribution in [2.75, 3.05) is 4.90 Å². The van der Waals surface area contributed by atoms with Crippen molar-refractivity contribution in [3.63, 3.8) is 0 Å². The topological polar surface area (TPSA) is 3.24 Å². The van der Waals surface area contributed by atoms with Crippen molar-refractivity contribution in [1.82, 2.24) is 0 Å². The zero-order valence-electron chi connectivity index (χ0n) is 37.1. The minimum Gasteiger partial charge on any atom is -0.310 e. The summed E-state index contributed by atoms with van der Waals surface area (Å²) < 4.78 is 0. The molecule has 12 rings (SSSR count). The largest absolute Gasteiger partial charge is 0.310 e. The molecule has 0 aliphatic heterocycles. The van der Waals surface area contributed by atoms with E-state index >= 15 is 0 Å². The summed E-state index contributed by atoms with van der Waals surface area (Å²) in [7, 11) is 0. The fraction of sp³-hybridized carbons (Fsp3) is 0.0462. The lowest BCUT2D eigenvalue weighted by molar-refractivity contribution is 0.660. The van der Waals surface area contributed by atoms with Crippen molar-refractivity contribution in [2.45, 2.75) is 19.3 Å². The molecule has 0 bridgehead atoms. The summed E-state index contributed by atoms with van der Waals surface area (Å²) in [5.74, 6) is 0. The molecule has 0 atom stereocenters. The highest BCUT2D eigenvalue weighted by Gasteiger charge is 2.35. The van der Waals surface area contributed by atoms with Crippen LogP contribution in [-0.2, 0) is 5.41 Å². The predicted octanol–water partition coefficient (Wildman–Crippen LogP) is 18.1. The molecule has 0 saturated carbocycles. The molecule has 1 heteroatoms. The zero-order valence-corrected chi connectivity index (χ0v) is 37.1. The summed E-state index contributed by atoms with van der Waals surface area (Å²) in [5, 5.41) is 5.07. The Labute approximate surface area is 387 Å². The Morgan fingerprint density at radius 3 is 1.56 bits per heavy atom. The molecule has 11 aromatic rings. The first kappa shape index (κ1) is 39.3. The Morgan fingerprint density at radius 1 is 0.273 bits per heavy atom. The first-order chi connectivity index (χ1) is 32.5. The molecule has 66 heavy (non-hydrogen) atoms. The maximum absolute atomic E-state index is 2.44. The van der Waals surface area contributed by atoms with Crippen LogP contribution in [0.2, 0.25) is 0 Å². The van der Waals surface area contributed by atoms with Gasteiger partial charge in [-0.3, -0.25) is 0 Å². The fourth-order valence-electron chi connectivity index (χ4n) is 10.5. The van der Waals surface area contributed by atoms with Gasteiger partial charge in [0.15, 0.2) is 0 Å². The molecule has 0 heterocycles. The predicted molar refractivity (Wildman–Crippen MR) is 281 cm³/mol. The Bertz CT molecular complexity index is 3580. The first-order valence-electron chi connectivity index (χ1n) is 23.0. The first-order valence-corrected chi connectivity index (χ1v) is 23.0. The molecule has 0 aromatic heterocycles. The third kappa shape index (κ3) is 6.71. The van der Waals surface area contributed by atoms with Crippen LogP contribution >= 0.6 is 0 Å². The van der Waals surface area contributed by atoms with E-state index in [1.54, 1.807) is 0 Å². The van der Waals surface area contributed by atoms with Crippen molar-refractivity contribution in [1.29, 1.82) is 0 Å². The summed E-state index contributed by atoms with van der Waals surface area (Å²) in [6.45, 7) is 4.72. The van der Waals surface area contributed by atoms with Crippen LogP contribution in [0.1, 0.15) is 25.0 Å². The second kappa shape index (κ2) is 16.1. The Morgan fingerprint density at radius 2 is 0.803 bits per heavy atom. The zero-order chi connectivity index (χ0) is 44.2. The molecule has 1 nitrogen and oxygen atoms in total. The van der Waals surface area contributed by atoms with E-state index in [9.17, 15) is 0 Å². The number of para-hydroxylation sites is 1. The van der Waals surface area contributed by atoms with Crippen LogP contribution in [0.15, 0.2) is 249 Å². The Hall–Kier alpha value is -8.26. The summed E-state index contributed by atoms with van der Waals surface area (Å²) in [6.07, 6.45) is 0. The molecule has 0 saturated heterocycles. The van der Waals surface area contributed by atoms with E-state index in [0.29, 0.717) is 0 Å². The number of hydrogen-bond acceptors (Lipinski definition) is 1. The highest BCUT2D eigenvalue weighted by atomic mass is 15.1. The number of anilines is 3. The van der Waals surface area contributed by atoms with E-state index in [0.717, 1.165) is 17.1 Å². The van der Waals surface area contributed by atoms with Gasteiger partial charge in [0.2, 0.25) is 0 Å². The van der Waals surface area contributed by atoms with Crippen molar-refractivity contribution in [3.05, 3.63) is 260 Å². The maximum Gasteiger partial charge on any atom is 0.0540 e. The second-order valence-corrected chi connectivity index (χ2v) is 18.1. The van der Waals surface area contributed by atoms with Gasteiger partial charge >= 0.3 is 0 Å². The van der Waals surface area contributed by atoms with E-state index in [-0.39, 0.29) is 5.41 Å². The van der Waals surface area contributed by atoms with Crippen LogP contribution in [-0.4, -0.2) is 0 Å². The molecule has 1 aliphatic carbocycles. The van der Waals surface area contributed by atoms with Gasteiger partial charge in [-0.05, 0) is 136 Å². The average Bonchev–Trinajstić information content (AvgIpc) is 3.62. The minimum atomic E-state index is -0.101. The van der Waals surface area contributed by atoms with E-state index < -0.39 is 0 Å². The molecule has 11 aromatic carbocycles. The molecule has 0 spiro atoms. The van der Waals surface area contributed by atoms with Crippen LogP contribution in [0, 0.1) is 0 Å². The van der Waals surface area contributed by atoms with Crippen LogP contribution < -0.4 is 4.90 Å². The number of hydrogen-bond donors (Lipinski definition) is 0. The summed E-state index contributed by atoms with van der Waals surface area (Å²) >= 11 is 0. The quantitative estimate of drug-likeness (QED) is 0.138. The van der Waals surface area contributed by atoms with Gasteiger partial charge in [-0.25, -0.2) is 0 Å². The van der Waals surface area contributed by atoms with Crippen LogP contribution in [0.4, 0.5) is 17.1 Å². The van der Waals surface area contributed by atoms with Gasteiger partial charge in [-0.2, -0.15) is 0 Å². The lowest BCUT2D eigenvalue weighted by Crippen LogP contribution is -2.15. The lowest BCUT2D eigenvalue weighted by Gasteiger charge is -2.29. The van der Waals surface area contributed by atoms with Crippen LogP contribution in [0.3, 0.4) is 0 Å². The molecular formula is C65H47N. The van der Waals surface area contributed by atoms with Gasteiger partial charge in [0, 0.05) is 22.4 Å². The van der Waals surface area contributed by atoms with Gasteiger partial charge in [0.25, 0.3) is 0 Å². The lowest BCUT2D eigenvalue weighted by atomic mass is 9.81. The van der Waals surface area contributed by atoms with Crippen molar-refractivity contribution in [2.24, 2.45) is 0 Å². The van der Waals surface area contributed by atoms with Gasteiger partial charge in [-0.1, -0.05) is 220 Å². The molecule has 0 amide bonds. The van der Waals surface area contributed by atoms with E-state index in [1.165, 1.54) is 99.4 Å². The number of rotatable bonds is 8. The van der Waals surface area contributed by atoms with Gasteiger partial charge in [-0.15, -0.1) is 0 Å². The summed E-state index contributed by atoms with van der Waals surface area (Å²) in [5.41, 5.74) is 20.7. The number of benzene rings is 11. The van der Waals surface area contributed by atoms with Crippen LogP contribution in [0.25, 0.3) is 88.3 Å². The third-order valence-electron chi connectivity index (χ3n) is 13.9. The smallest absolute Gasteiger partial charge is 0.0540 e. The highest BCUT2D eigenvalue weighted by Crippen LogP contribution is 2.51. The molecule has 0 unspecified atom stereocenters. The Kier molecular flexibility index (Phi) is 9.58. The standard InChI is InChI=1S/C65H47N/c1-65(2)62-26-13-11-23-59(62)60-41-34-50(43-63(60)65)56-22-12-14-27-64(56)66(52-37-30-48(31-38-52)54-24-15-25-57-53-21-10-9-20-47(53)32-40-58(54)57)51-35-28-44(29-36-51)49-33-39-55(45-16-5-3-6-17-45)61(42-49)46-18-7-4-8-19-46/h3-43H,1-2H3. The molecule has 0 N–H and O–H groups in total. The molecule has 312 valence electrons.